The molecule has 0 aliphatic carbocycles. The summed E-state index contributed by atoms with van der Waals surface area (Å²) in [5, 5.41) is 3.77. The lowest BCUT2D eigenvalue weighted by atomic mass is 10.0. The monoisotopic (exact) mass is 352 g/mol. The highest BCUT2D eigenvalue weighted by Crippen LogP contribution is 2.28. The van der Waals surface area contributed by atoms with E-state index in [9.17, 15) is 4.79 Å². The second kappa shape index (κ2) is 8.27. The average Bonchev–Trinajstić information content (AvgIpc) is 3.10. The van der Waals surface area contributed by atoms with Gasteiger partial charge in [-0.1, -0.05) is 29.8 Å². The third kappa shape index (κ3) is 4.26. The Balaban J connectivity index is 1.47. The summed E-state index contributed by atoms with van der Waals surface area (Å²) in [4.78, 5) is 14.7. The highest BCUT2D eigenvalue weighted by atomic mass is 35.5. The number of benzene rings is 1. The van der Waals surface area contributed by atoms with Crippen molar-refractivity contribution >= 4 is 17.5 Å². The van der Waals surface area contributed by atoms with Gasteiger partial charge in [0.2, 0.25) is 5.91 Å². The number of hydrogen-bond acceptors (Lipinski definition) is 5. The zero-order valence-electron chi connectivity index (χ0n) is 13.9. The van der Waals surface area contributed by atoms with E-state index in [1.54, 1.807) is 0 Å². The molecule has 3 unspecified atom stereocenters. The molecule has 132 valence electrons. The minimum Gasteiger partial charge on any atom is -0.379 e. The van der Waals surface area contributed by atoms with Crippen LogP contribution in [-0.4, -0.2) is 55.7 Å². The molecule has 0 aromatic heterocycles. The van der Waals surface area contributed by atoms with E-state index < -0.39 is 0 Å². The van der Waals surface area contributed by atoms with Crippen molar-refractivity contribution in [3.8, 4) is 0 Å². The highest BCUT2D eigenvalue weighted by Gasteiger charge is 2.31. The molecule has 2 aliphatic heterocycles. The highest BCUT2D eigenvalue weighted by molar-refractivity contribution is 6.31. The third-order valence-corrected chi connectivity index (χ3v) is 5.09. The second-order valence-electron chi connectivity index (χ2n) is 6.39. The van der Waals surface area contributed by atoms with E-state index in [0.717, 1.165) is 36.9 Å². The molecular weight excluding hydrogens is 328 g/mol. The largest absolute Gasteiger partial charge is 0.379 e. The molecule has 3 N–H and O–H groups in total. The molecule has 0 radical (unpaired) electrons. The first-order valence-corrected chi connectivity index (χ1v) is 8.88. The van der Waals surface area contributed by atoms with Crippen molar-refractivity contribution in [2.45, 2.75) is 31.5 Å². The molecule has 2 heterocycles. The van der Waals surface area contributed by atoms with E-state index in [4.69, 9.17) is 16.3 Å². The standard InChI is InChI=1S/C17H25ClN4O2/c1-12(22-6-8-24-9-7-22)11-19-17(23)16-10-15(20-21-16)13-4-2-3-5-14(13)18/h2-5,12,15-16,20-21H,6-11H2,1H3,(H,19,23). The third-order valence-electron chi connectivity index (χ3n) is 4.74. The molecule has 0 spiro atoms. The topological polar surface area (TPSA) is 65.6 Å². The van der Waals surface area contributed by atoms with Gasteiger partial charge in [0.15, 0.2) is 0 Å². The van der Waals surface area contributed by atoms with Gasteiger partial charge in [-0.25, -0.2) is 10.9 Å². The Morgan fingerprint density at radius 2 is 2.12 bits per heavy atom. The molecule has 3 atom stereocenters. The van der Waals surface area contributed by atoms with Crippen molar-refractivity contribution in [3.63, 3.8) is 0 Å². The zero-order valence-corrected chi connectivity index (χ0v) is 14.7. The summed E-state index contributed by atoms with van der Waals surface area (Å²) in [6, 6.07) is 7.84. The quantitative estimate of drug-likeness (QED) is 0.740. The van der Waals surface area contributed by atoms with Crippen molar-refractivity contribution < 1.29 is 9.53 Å². The smallest absolute Gasteiger partial charge is 0.238 e. The molecule has 24 heavy (non-hydrogen) atoms. The van der Waals surface area contributed by atoms with Gasteiger partial charge in [-0.3, -0.25) is 9.69 Å². The Kier molecular flexibility index (Phi) is 6.08. The van der Waals surface area contributed by atoms with Crippen LogP contribution in [0.4, 0.5) is 0 Å². The molecule has 1 amide bonds. The number of carbonyl (C=O) groups excluding carboxylic acids is 1. The molecule has 1 aromatic rings. The lowest BCUT2D eigenvalue weighted by molar-refractivity contribution is -0.123. The fourth-order valence-electron chi connectivity index (χ4n) is 3.21. The van der Waals surface area contributed by atoms with Gasteiger partial charge in [-0.05, 0) is 25.0 Å². The number of carbonyl (C=O) groups is 1. The maximum Gasteiger partial charge on any atom is 0.238 e. The number of hydrazine groups is 1. The van der Waals surface area contributed by atoms with Crippen LogP contribution < -0.4 is 16.2 Å². The van der Waals surface area contributed by atoms with Gasteiger partial charge in [0.05, 0.1) is 13.2 Å². The number of amides is 1. The molecule has 6 nitrogen and oxygen atoms in total. The van der Waals surface area contributed by atoms with E-state index in [1.807, 2.05) is 24.3 Å². The van der Waals surface area contributed by atoms with Crippen LogP contribution in [0.25, 0.3) is 0 Å². The summed E-state index contributed by atoms with van der Waals surface area (Å²) >= 11 is 6.24. The zero-order chi connectivity index (χ0) is 16.9. The maximum atomic E-state index is 12.4. The number of rotatable bonds is 5. The van der Waals surface area contributed by atoms with Gasteiger partial charge in [-0.2, -0.15) is 0 Å². The van der Waals surface area contributed by atoms with Gasteiger partial charge >= 0.3 is 0 Å². The molecule has 0 bridgehead atoms. The summed E-state index contributed by atoms with van der Waals surface area (Å²) in [6.07, 6.45) is 0.682. The second-order valence-corrected chi connectivity index (χ2v) is 6.80. The predicted octanol–water partition coefficient (Wildman–Crippen LogP) is 1.08. The van der Waals surface area contributed by atoms with Crippen molar-refractivity contribution in [3.05, 3.63) is 34.9 Å². The summed E-state index contributed by atoms with van der Waals surface area (Å²) < 4.78 is 5.36. The van der Waals surface area contributed by atoms with Gasteiger partial charge in [0.1, 0.15) is 6.04 Å². The van der Waals surface area contributed by atoms with Crippen molar-refractivity contribution in [1.29, 1.82) is 0 Å². The Hall–Kier alpha value is -1.18. The van der Waals surface area contributed by atoms with Crippen molar-refractivity contribution in [2.24, 2.45) is 0 Å². The van der Waals surface area contributed by atoms with E-state index in [-0.39, 0.29) is 18.0 Å². The van der Waals surface area contributed by atoms with Crippen LogP contribution >= 0.6 is 11.6 Å². The molecule has 2 fully saturated rings. The number of nitrogens with zero attached hydrogens (tertiary/aromatic N) is 1. The first-order chi connectivity index (χ1) is 11.6. The van der Waals surface area contributed by atoms with Crippen LogP contribution in [0.2, 0.25) is 5.02 Å². The predicted molar refractivity (Wildman–Crippen MR) is 93.7 cm³/mol. The summed E-state index contributed by atoms with van der Waals surface area (Å²) in [5.74, 6) is 0.0252. The van der Waals surface area contributed by atoms with Crippen molar-refractivity contribution in [1.82, 2.24) is 21.1 Å². The van der Waals surface area contributed by atoms with Crippen LogP contribution in [0.15, 0.2) is 24.3 Å². The number of morpholine rings is 1. The van der Waals surface area contributed by atoms with Crippen LogP contribution in [0, 0.1) is 0 Å². The fraction of sp³-hybridized carbons (Fsp3) is 0.588. The lowest BCUT2D eigenvalue weighted by Crippen LogP contribution is -2.50. The summed E-state index contributed by atoms with van der Waals surface area (Å²) in [5.41, 5.74) is 7.27. The van der Waals surface area contributed by atoms with Gasteiger partial charge in [0.25, 0.3) is 0 Å². The molecule has 7 heteroatoms. The van der Waals surface area contributed by atoms with Crippen LogP contribution in [0.1, 0.15) is 24.9 Å². The first-order valence-electron chi connectivity index (χ1n) is 8.50. The molecule has 1 aromatic carbocycles. The Morgan fingerprint density at radius 3 is 2.88 bits per heavy atom. The summed E-state index contributed by atoms with van der Waals surface area (Å²) in [7, 11) is 0. The van der Waals surface area contributed by atoms with E-state index >= 15 is 0 Å². The van der Waals surface area contributed by atoms with E-state index in [0.29, 0.717) is 19.0 Å². The molecular formula is C17H25ClN4O2. The van der Waals surface area contributed by atoms with Gasteiger partial charge in [0, 0.05) is 36.7 Å². The van der Waals surface area contributed by atoms with E-state index in [2.05, 4.69) is 28.0 Å². The number of hydrogen-bond donors (Lipinski definition) is 3. The minimum atomic E-state index is -0.247. The van der Waals surface area contributed by atoms with Crippen LogP contribution in [-0.2, 0) is 9.53 Å². The summed E-state index contributed by atoms with van der Waals surface area (Å²) in [6.45, 7) is 6.17. The number of nitrogens with one attached hydrogen (secondary N) is 3. The minimum absolute atomic E-state index is 0.0252. The molecule has 2 aliphatic rings. The average molecular weight is 353 g/mol. The SMILES string of the molecule is CC(CNC(=O)C1CC(c2ccccc2Cl)NN1)N1CCOCC1. The molecule has 0 saturated carbocycles. The first kappa shape index (κ1) is 17.6. The van der Waals surface area contributed by atoms with Crippen LogP contribution in [0.5, 0.6) is 0 Å². The Labute approximate surface area is 147 Å². The Morgan fingerprint density at radius 1 is 1.38 bits per heavy atom. The number of halogens is 1. The lowest BCUT2D eigenvalue weighted by Gasteiger charge is -2.32. The Bertz CT molecular complexity index is 565. The molecule has 3 rings (SSSR count). The molecule has 2 saturated heterocycles. The number of ether oxygens (including phenoxy) is 1. The van der Waals surface area contributed by atoms with Gasteiger partial charge in [-0.15, -0.1) is 0 Å². The van der Waals surface area contributed by atoms with Crippen molar-refractivity contribution in [2.75, 3.05) is 32.8 Å². The normalized spacial score (nSPS) is 26.2. The van der Waals surface area contributed by atoms with E-state index in [1.165, 1.54) is 0 Å². The maximum absolute atomic E-state index is 12.4. The van der Waals surface area contributed by atoms with Crippen LogP contribution in [0.3, 0.4) is 0 Å². The fourth-order valence-corrected chi connectivity index (χ4v) is 3.48. The van der Waals surface area contributed by atoms with Gasteiger partial charge < -0.3 is 10.1 Å².